The summed E-state index contributed by atoms with van der Waals surface area (Å²) in [7, 11) is -3.79. The molecule has 1 aromatic carbocycles. The number of aromatic nitrogens is 2. The lowest BCUT2D eigenvalue weighted by molar-refractivity contribution is -0.123. The molecule has 2 unspecified atom stereocenters. The summed E-state index contributed by atoms with van der Waals surface area (Å²) in [6.07, 6.45) is 10.6. The lowest BCUT2D eigenvalue weighted by Gasteiger charge is -2.60. The summed E-state index contributed by atoms with van der Waals surface area (Å²) in [6.45, 7) is 0. The normalized spacial score (nSPS) is 31.4. The molecule has 4 atom stereocenters. The van der Waals surface area contributed by atoms with Gasteiger partial charge in [0.25, 0.3) is 10.0 Å². The minimum absolute atomic E-state index is 0.00414. The van der Waals surface area contributed by atoms with Crippen molar-refractivity contribution >= 4 is 43.5 Å². The van der Waals surface area contributed by atoms with E-state index in [9.17, 15) is 13.2 Å². The van der Waals surface area contributed by atoms with Gasteiger partial charge in [0.05, 0.1) is 4.90 Å². The first-order valence-electron chi connectivity index (χ1n) is 10.6. The van der Waals surface area contributed by atoms with Crippen LogP contribution in [0.4, 0.5) is 11.6 Å². The van der Waals surface area contributed by atoms with Crippen molar-refractivity contribution in [2.24, 2.45) is 17.3 Å². The molecule has 0 radical (unpaired) electrons. The van der Waals surface area contributed by atoms with Crippen LogP contribution < -0.4 is 10.0 Å². The van der Waals surface area contributed by atoms with Crippen LogP contribution in [0.3, 0.4) is 0 Å². The number of nitrogens with one attached hydrogen (secondary N) is 2. The minimum Gasteiger partial charge on any atom is -0.326 e. The average Bonchev–Trinajstić information content (AvgIpc) is 2.66. The first kappa shape index (κ1) is 20.9. The average molecular weight is 505 g/mol. The third-order valence-electron chi connectivity index (χ3n) is 6.89. The summed E-state index contributed by atoms with van der Waals surface area (Å²) in [5, 5.41) is 2.96. The summed E-state index contributed by atoms with van der Waals surface area (Å²) in [5.74, 6) is 1.49. The summed E-state index contributed by atoms with van der Waals surface area (Å²) in [4.78, 5) is 20.7. The fourth-order valence-corrected chi connectivity index (χ4v) is 8.81. The van der Waals surface area contributed by atoms with Crippen molar-refractivity contribution in [3.05, 3.63) is 42.7 Å². The molecule has 0 aliphatic heterocycles. The Morgan fingerprint density at radius 2 is 1.71 bits per heavy atom. The van der Waals surface area contributed by atoms with Gasteiger partial charge in [0, 0.05) is 28.8 Å². The fourth-order valence-electron chi connectivity index (χ4n) is 6.34. The van der Waals surface area contributed by atoms with Gasteiger partial charge in [0.1, 0.15) is 0 Å². The summed E-state index contributed by atoms with van der Waals surface area (Å²) in [6, 6.07) is 7.78. The maximum absolute atomic E-state index is 12.9. The van der Waals surface area contributed by atoms with Crippen LogP contribution in [0.5, 0.6) is 0 Å². The molecule has 4 aliphatic carbocycles. The second-order valence-corrected chi connectivity index (χ2v) is 12.9. The van der Waals surface area contributed by atoms with Gasteiger partial charge >= 0.3 is 0 Å². The van der Waals surface area contributed by atoms with Crippen LogP contribution in [0.15, 0.2) is 47.6 Å². The van der Waals surface area contributed by atoms with Crippen molar-refractivity contribution in [3.8, 4) is 0 Å². The van der Waals surface area contributed by atoms with Gasteiger partial charge < -0.3 is 5.32 Å². The third-order valence-corrected chi connectivity index (χ3v) is 9.16. The molecular weight excluding hydrogens is 480 g/mol. The van der Waals surface area contributed by atoms with Gasteiger partial charge in [-0.1, -0.05) is 15.9 Å². The first-order chi connectivity index (χ1) is 14.7. The Morgan fingerprint density at radius 3 is 2.32 bits per heavy atom. The van der Waals surface area contributed by atoms with Crippen molar-refractivity contribution in [2.45, 2.75) is 54.2 Å². The van der Waals surface area contributed by atoms with Gasteiger partial charge in [-0.2, -0.15) is 0 Å². The summed E-state index contributed by atoms with van der Waals surface area (Å²) in [5.41, 5.74) is 0.693. The Hall–Kier alpha value is -2.00. The fraction of sp³-hybridized carbons (Fsp3) is 0.500. The number of rotatable bonds is 6. The van der Waals surface area contributed by atoms with E-state index in [2.05, 4.69) is 35.9 Å². The molecule has 4 aliphatic rings. The van der Waals surface area contributed by atoms with Gasteiger partial charge in [-0.3, -0.25) is 4.79 Å². The molecule has 4 bridgehead atoms. The number of alkyl halides is 1. The maximum Gasteiger partial charge on any atom is 0.264 e. The van der Waals surface area contributed by atoms with Crippen LogP contribution in [-0.2, 0) is 14.8 Å². The van der Waals surface area contributed by atoms with Crippen LogP contribution in [0.25, 0.3) is 0 Å². The molecule has 4 saturated carbocycles. The number of halogens is 1. The zero-order chi connectivity index (χ0) is 21.7. The molecule has 164 valence electrons. The lowest BCUT2D eigenvalue weighted by atomic mass is 9.48. The van der Waals surface area contributed by atoms with Gasteiger partial charge in [-0.15, -0.1) is 0 Å². The number of carbonyl (C=O) groups excluding carboxylic acids is 1. The largest absolute Gasteiger partial charge is 0.326 e. The molecule has 2 aromatic rings. The number of benzene rings is 1. The van der Waals surface area contributed by atoms with Crippen LogP contribution in [0, 0.1) is 17.3 Å². The summed E-state index contributed by atoms with van der Waals surface area (Å²) < 4.78 is 27.6. The van der Waals surface area contributed by atoms with Crippen molar-refractivity contribution in [1.29, 1.82) is 0 Å². The zero-order valence-corrected chi connectivity index (χ0v) is 19.5. The number of carbonyl (C=O) groups is 1. The van der Waals surface area contributed by atoms with Crippen LogP contribution in [0.1, 0.15) is 44.9 Å². The Morgan fingerprint density at radius 1 is 1.06 bits per heavy atom. The number of nitrogens with zero attached hydrogens (tertiary/aromatic N) is 2. The Labute approximate surface area is 190 Å². The van der Waals surface area contributed by atoms with Crippen LogP contribution >= 0.6 is 15.9 Å². The molecule has 7 nitrogen and oxygen atoms in total. The predicted molar refractivity (Wildman–Crippen MR) is 121 cm³/mol. The predicted octanol–water partition coefficient (Wildman–Crippen LogP) is 4.34. The molecule has 1 amide bonds. The van der Waals surface area contributed by atoms with Gasteiger partial charge in [0.15, 0.2) is 0 Å². The molecule has 2 N–H and O–H groups in total. The van der Waals surface area contributed by atoms with Gasteiger partial charge in [-0.05, 0) is 86.1 Å². The van der Waals surface area contributed by atoms with Gasteiger partial charge in [0.2, 0.25) is 11.9 Å². The molecule has 9 heteroatoms. The highest BCUT2D eigenvalue weighted by Gasteiger charge is 2.57. The van der Waals surface area contributed by atoms with Crippen molar-refractivity contribution < 1.29 is 13.2 Å². The van der Waals surface area contributed by atoms with E-state index >= 15 is 0 Å². The molecular formula is C22H25BrN4O3S. The smallest absolute Gasteiger partial charge is 0.264 e. The van der Waals surface area contributed by atoms with E-state index in [0.717, 1.165) is 31.1 Å². The standard InChI is InChI=1S/C22H25BrN4O3S/c23-22-11-15-8-16(12-22)10-21(9-15,14-22)13-19(28)26-17-2-4-18(5-3-17)31(29,30)27-20-24-6-1-7-25-20/h1-7,15-16H,8-14H2,(H,26,28)(H,24,25,27)/t15-,16+,21?,22?. The highest BCUT2D eigenvalue weighted by molar-refractivity contribution is 9.10. The van der Waals surface area contributed by atoms with E-state index in [1.54, 1.807) is 18.2 Å². The Balaban J connectivity index is 1.23. The third kappa shape index (κ3) is 4.35. The number of hydrogen-bond donors (Lipinski definition) is 2. The van der Waals surface area contributed by atoms with E-state index in [4.69, 9.17) is 0 Å². The van der Waals surface area contributed by atoms with Crippen LogP contribution in [-0.4, -0.2) is 28.6 Å². The van der Waals surface area contributed by atoms with E-state index in [1.165, 1.54) is 43.8 Å². The Kier molecular flexibility index (Phi) is 5.08. The van der Waals surface area contributed by atoms with E-state index in [1.807, 2.05) is 0 Å². The maximum atomic E-state index is 12.9. The van der Waals surface area contributed by atoms with E-state index in [-0.39, 0.29) is 26.5 Å². The number of hydrogen-bond acceptors (Lipinski definition) is 5. The summed E-state index contributed by atoms with van der Waals surface area (Å²) >= 11 is 4.00. The number of anilines is 2. The SMILES string of the molecule is O=C(CC12C[C@@H]3C[C@@H](CC(Br)(C3)C1)C2)Nc1ccc(S(=O)(=O)Nc2ncccn2)cc1. The van der Waals surface area contributed by atoms with Gasteiger partial charge in [-0.25, -0.2) is 23.1 Å². The van der Waals surface area contributed by atoms with Crippen molar-refractivity contribution in [1.82, 2.24) is 9.97 Å². The number of sulfonamides is 1. The monoisotopic (exact) mass is 504 g/mol. The molecule has 1 heterocycles. The first-order valence-corrected chi connectivity index (χ1v) is 12.9. The van der Waals surface area contributed by atoms with Crippen molar-refractivity contribution in [3.63, 3.8) is 0 Å². The Bertz CT molecular complexity index is 1080. The molecule has 6 rings (SSSR count). The lowest BCUT2D eigenvalue weighted by Crippen LogP contribution is -2.53. The van der Waals surface area contributed by atoms with E-state index < -0.39 is 10.0 Å². The minimum atomic E-state index is -3.79. The quantitative estimate of drug-likeness (QED) is 0.569. The molecule has 0 spiro atoms. The molecule has 1 aromatic heterocycles. The molecule has 0 saturated heterocycles. The van der Waals surface area contributed by atoms with E-state index in [0.29, 0.717) is 12.1 Å². The highest BCUT2D eigenvalue weighted by atomic mass is 79.9. The topological polar surface area (TPSA) is 101 Å². The molecule has 4 fully saturated rings. The second-order valence-electron chi connectivity index (χ2n) is 9.54. The zero-order valence-electron chi connectivity index (χ0n) is 17.1. The highest BCUT2D eigenvalue weighted by Crippen LogP contribution is 2.65. The molecule has 31 heavy (non-hydrogen) atoms. The van der Waals surface area contributed by atoms with Crippen molar-refractivity contribution in [2.75, 3.05) is 10.0 Å². The number of amides is 1. The second kappa shape index (κ2) is 7.55. The van der Waals surface area contributed by atoms with Crippen LogP contribution in [0.2, 0.25) is 0 Å².